The Morgan fingerprint density at radius 3 is 2.28 bits per heavy atom. The molecule has 1 fully saturated rings. The van der Waals surface area contributed by atoms with E-state index in [0.717, 1.165) is 6.42 Å². The average Bonchev–Trinajstić information content (AvgIpc) is 2.14. The number of halogens is 1. The monoisotopic (exact) mass is 299 g/mol. The van der Waals surface area contributed by atoms with Crippen molar-refractivity contribution in [3.8, 4) is 0 Å². The van der Waals surface area contributed by atoms with Gasteiger partial charge < -0.3 is 5.73 Å². The third-order valence-electron chi connectivity index (χ3n) is 3.06. The summed E-state index contributed by atoms with van der Waals surface area (Å²) in [6.07, 6.45) is 1.77. The summed E-state index contributed by atoms with van der Waals surface area (Å²) in [7, 11) is -3.32. The second-order valence-electron chi connectivity index (χ2n) is 5.43. The van der Waals surface area contributed by atoms with Crippen LogP contribution in [0, 0.1) is 11.8 Å². The Morgan fingerprint density at radius 2 is 1.83 bits per heavy atom. The van der Waals surface area contributed by atoms with E-state index < -0.39 is 10.2 Å². The van der Waals surface area contributed by atoms with E-state index in [1.165, 1.54) is 0 Å². The summed E-state index contributed by atoms with van der Waals surface area (Å²) in [6, 6.07) is 0.0249. The molecule has 18 heavy (non-hydrogen) atoms. The molecule has 3 atom stereocenters. The predicted octanol–water partition coefficient (Wildman–Crippen LogP) is 0.958. The van der Waals surface area contributed by atoms with Crippen molar-refractivity contribution in [2.75, 3.05) is 19.6 Å². The quantitative estimate of drug-likeness (QED) is 0.794. The fraction of sp³-hybridized carbons (Fsp3) is 1.00. The fourth-order valence-electron chi connectivity index (χ4n) is 2.31. The largest absolute Gasteiger partial charge is 0.328 e. The summed E-state index contributed by atoms with van der Waals surface area (Å²) in [6.45, 7) is 7.73. The Morgan fingerprint density at radius 1 is 1.33 bits per heavy atom. The highest BCUT2D eigenvalue weighted by atomic mass is 35.5. The molecule has 0 aromatic carbocycles. The second-order valence-corrected chi connectivity index (χ2v) is 7.18. The van der Waals surface area contributed by atoms with Gasteiger partial charge in [0.1, 0.15) is 0 Å². The molecule has 1 rings (SSSR count). The van der Waals surface area contributed by atoms with Gasteiger partial charge >= 0.3 is 0 Å². The summed E-state index contributed by atoms with van der Waals surface area (Å²) in [5.41, 5.74) is 5.60. The molecule has 1 aliphatic heterocycles. The molecule has 3 N–H and O–H groups in total. The topological polar surface area (TPSA) is 75.4 Å². The lowest BCUT2D eigenvalue weighted by atomic mass is 9.94. The van der Waals surface area contributed by atoms with E-state index in [2.05, 4.69) is 18.6 Å². The molecular formula is C11H26ClN3O2S. The first-order valence-electron chi connectivity index (χ1n) is 6.31. The highest BCUT2D eigenvalue weighted by Gasteiger charge is 2.29. The molecule has 0 aromatic heterocycles. The number of nitrogens with zero attached hydrogens (tertiary/aromatic N) is 1. The van der Waals surface area contributed by atoms with E-state index in [4.69, 9.17) is 5.73 Å². The first-order valence-corrected chi connectivity index (χ1v) is 7.75. The van der Waals surface area contributed by atoms with Crippen molar-refractivity contribution in [3.63, 3.8) is 0 Å². The van der Waals surface area contributed by atoms with Gasteiger partial charge in [0, 0.05) is 25.7 Å². The molecular weight excluding hydrogens is 274 g/mol. The van der Waals surface area contributed by atoms with E-state index in [-0.39, 0.29) is 18.4 Å². The van der Waals surface area contributed by atoms with Gasteiger partial charge in [0.25, 0.3) is 10.2 Å². The average molecular weight is 300 g/mol. The third-order valence-corrected chi connectivity index (χ3v) is 4.61. The van der Waals surface area contributed by atoms with Gasteiger partial charge in [-0.1, -0.05) is 13.8 Å². The number of hydrogen-bond donors (Lipinski definition) is 2. The van der Waals surface area contributed by atoms with Gasteiger partial charge in [-0.15, -0.1) is 12.4 Å². The molecule has 5 nitrogen and oxygen atoms in total. The Hall–Kier alpha value is 0.120. The molecule has 3 unspecified atom stereocenters. The molecule has 0 radical (unpaired) electrons. The normalized spacial score (nSPS) is 27.6. The van der Waals surface area contributed by atoms with Crippen LogP contribution in [0.3, 0.4) is 0 Å². The van der Waals surface area contributed by atoms with Crippen LogP contribution in [0.4, 0.5) is 0 Å². The number of hydrogen-bond acceptors (Lipinski definition) is 3. The zero-order chi connectivity index (χ0) is 13.1. The van der Waals surface area contributed by atoms with Gasteiger partial charge in [-0.05, 0) is 31.6 Å². The van der Waals surface area contributed by atoms with Crippen LogP contribution < -0.4 is 10.5 Å². The van der Waals surface area contributed by atoms with Gasteiger partial charge in [0.2, 0.25) is 0 Å². The number of nitrogens with two attached hydrogens (primary N) is 1. The molecule has 1 heterocycles. The van der Waals surface area contributed by atoms with Crippen molar-refractivity contribution < 1.29 is 8.42 Å². The highest BCUT2D eigenvalue weighted by molar-refractivity contribution is 7.87. The van der Waals surface area contributed by atoms with Crippen LogP contribution >= 0.6 is 12.4 Å². The van der Waals surface area contributed by atoms with Crippen LogP contribution in [0.2, 0.25) is 0 Å². The van der Waals surface area contributed by atoms with Crippen LogP contribution in [0.1, 0.15) is 33.6 Å². The number of rotatable bonds is 5. The van der Waals surface area contributed by atoms with Gasteiger partial charge in [-0.2, -0.15) is 12.7 Å². The van der Waals surface area contributed by atoms with E-state index in [0.29, 0.717) is 37.9 Å². The van der Waals surface area contributed by atoms with E-state index >= 15 is 0 Å². The van der Waals surface area contributed by atoms with Crippen molar-refractivity contribution in [2.24, 2.45) is 17.6 Å². The Kier molecular flexibility index (Phi) is 7.70. The van der Waals surface area contributed by atoms with Crippen molar-refractivity contribution in [2.45, 2.75) is 39.7 Å². The summed E-state index contributed by atoms with van der Waals surface area (Å²) in [5, 5.41) is 0. The first-order chi connectivity index (χ1) is 7.81. The lowest BCUT2D eigenvalue weighted by molar-refractivity contribution is 0.220. The molecule has 0 saturated carbocycles. The minimum atomic E-state index is -3.32. The summed E-state index contributed by atoms with van der Waals surface area (Å²) in [4.78, 5) is 0. The third kappa shape index (κ3) is 5.84. The standard InChI is InChI=1S/C11H25N3O2S.ClH/c1-9-6-10(2)8-14(7-9)17(15,16)13-5-4-11(3)12;/h9-11,13H,4-8,12H2,1-3H3;1H. The van der Waals surface area contributed by atoms with Gasteiger partial charge in [0.15, 0.2) is 0 Å². The Bertz CT molecular complexity index is 325. The SMILES string of the molecule is CC(N)CCNS(=O)(=O)N1CC(C)CC(C)C1.Cl. The maximum atomic E-state index is 12.0. The lowest BCUT2D eigenvalue weighted by Gasteiger charge is -2.34. The minimum absolute atomic E-state index is 0. The summed E-state index contributed by atoms with van der Waals surface area (Å²) >= 11 is 0. The Labute approximate surface area is 117 Å². The maximum absolute atomic E-state index is 12.0. The molecule has 110 valence electrons. The minimum Gasteiger partial charge on any atom is -0.328 e. The zero-order valence-electron chi connectivity index (χ0n) is 11.4. The molecule has 0 aliphatic carbocycles. The van der Waals surface area contributed by atoms with Gasteiger partial charge in [-0.25, -0.2) is 4.72 Å². The van der Waals surface area contributed by atoms with Crippen LogP contribution in [-0.4, -0.2) is 38.4 Å². The highest BCUT2D eigenvalue weighted by Crippen LogP contribution is 2.22. The summed E-state index contributed by atoms with van der Waals surface area (Å²) in [5.74, 6) is 0.868. The maximum Gasteiger partial charge on any atom is 0.279 e. The van der Waals surface area contributed by atoms with Gasteiger partial charge in [0.05, 0.1) is 0 Å². The zero-order valence-corrected chi connectivity index (χ0v) is 13.1. The fourth-order valence-corrected chi connectivity index (χ4v) is 3.77. The van der Waals surface area contributed by atoms with Crippen molar-refractivity contribution in [1.29, 1.82) is 0 Å². The molecule has 0 aromatic rings. The van der Waals surface area contributed by atoms with Crippen molar-refractivity contribution >= 4 is 22.6 Å². The molecule has 0 spiro atoms. The van der Waals surface area contributed by atoms with Crippen molar-refractivity contribution in [3.05, 3.63) is 0 Å². The predicted molar refractivity (Wildman–Crippen MR) is 77.0 cm³/mol. The summed E-state index contributed by atoms with van der Waals surface area (Å²) < 4.78 is 28.2. The molecule has 1 saturated heterocycles. The van der Waals surface area contributed by atoms with Crippen LogP contribution in [0.25, 0.3) is 0 Å². The Balaban J connectivity index is 0.00000289. The van der Waals surface area contributed by atoms with E-state index in [1.807, 2.05) is 6.92 Å². The lowest BCUT2D eigenvalue weighted by Crippen LogP contribution is -2.48. The van der Waals surface area contributed by atoms with Crippen LogP contribution in [-0.2, 0) is 10.2 Å². The first kappa shape index (κ1) is 18.1. The molecule has 7 heteroatoms. The van der Waals surface area contributed by atoms with E-state index in [9.17, 15) is 8.42 Å². The smallest absolute Gasteiger partial charge is 0.279 e. The van der Waals surface area contributed by atoms with Gasteiger partial charge in [-0.3, -0.25) is 0 Å². The second kappa shape index (κ2) is 7.65. The molecule has 0 bridgehead atoms. The van der Waals surface area contributed by atoms with Crippen LogP contribution in [0.5, 0.6) is 0 Å². The van der Waals surface area contributed by atoms with E-state index in [1.54, 1.807) is 4.31 Å². The molecule has 1 aliphatic rings. The number of piperidine rings is 1. The molecule has 0 amide bonds. The van der Waals surface area contributed by atoms with Crippen LogP contribution in [0.15, 0.2) is 0 Å². The number of nitrogens with one attached hydrogen (secondary N) is 1. The van der Waals surface area contributed by atoms with Crippen molar-refractivity contribution in [1.82, 2.24) is 9.03 Å².